The van der Waals surface area contributed by atoms with Gasteiger partial charge in [-0.05, 0) is 19.3 Å². The topological polar surface area (TPSA) is 24.5 Å². The van der Waals surface area contributed by atoms with E-state index in [9.17, 15) is 0 Å². The number of hydrogen-bond donors (Lipinski definition) is 1. The fourth-order valence-corrected chi connectivity index (χ4v) is 2.50. The van der Waals surface area contributed by atoms with Crippen LogP contribution in [0, 0.1) is 0 Å². The van der Waals surface area contributed by atoms with Crippen molar-refractivity contribution < 1.29 is 4.74 Å². The summed E-state index contributed by atoms with van der Waals surface area (Å²) in [6, 6.07) is 0. The van der Waals surface area contributed by atoms with E-state index in [-0.39, 0.29) is 0 Å². The molecule has 0 bridgehead atoms. The molecule has 1 heterocycles. The molecule has 0 aliphatic carbocycles. The molecule has 1 N–H and O–H groups in total. The fourth-order valence-electron chi connectivity index (χ4n) is 2.50. The van der Waals surface area contributed by atoms with Crippen molar-refractivity contribution in [3.63, 3.8) is 0 Å². The fraction of sp³-hybridized carbons (Fsp3) is 1.00. The highest BCUT2D eigenvalue weighted by molar-refractivity contribution is 4.92. The molecule has 1 aliphatic heterocycles. The van der Waals surface area contributed by atoms with Crippen LogP contribution in [0.25, 0.3) is 0 Å². The van der Waals surface area contributed by atoms with Crippen molar-refractivity contribution >= 4 is 0 Å². The molecule has 1 rings (SSSR count). The van der Waals surface area contributed by atoms with Crippen LogP contribution in [-0.4, -0.2) is 49.8 Å². The van der Waals surface area contributed by atoms with E-state index in [1.165, 1.54) is 38.8 Å². The first-order valence-electron chi connectivity index (χ1n) is 7.31. The molecule has 0 aromatic heterocycles. The minimum atomic E-state index is 0.349. The predicted molar refractivity (Wildman–Crippen MR) is 73.5 cm³/mol. The first kappa shape index (κ1) is 14.9. The summed E-state index contributed by atoms with van der Waals surface area (Å²) in [6.45, 7) is 13.2. The van der Waals surface area contributed by atoms with E-state index in [0.717, 1.165) is 26.3 Å². The number of rotatable bonds is 8. The van der Waals surface area contributed by atoms with Crippen molar-refractivity contribution in [3.05, 3.63) is 0 Å². The van der Waals surface area contributed by atoms with Crippen LogP contribution in [0.4, 0.5) is 0 Å². The molecule has 1 saturated heterocycles. The van der Waals surface area contributed by atoms with Gasteiger partial charge in [-0.25, -0.2) is 0 Å². The maximum atomic E-state index is 5.65. The Morgan fingerprint density at radius 3 is 2.59 bits per heavy atom. The van der Waals surface area contributed by atoms with Gasteiger partial charge in [0.25, 0.3) is 0 Å². The summed E-state index contributed by atoms with van der Waals surface area (Å²) in [6.07, 6.45) is 4.85. The van der Waals surface area contributed by atoms with Gasteiger partial charge in [0.2, 0.25) is 0 Å². The summed E-state index contributed by atoms with van der Waals surface area (Å²) < 4.78 is 5.65. The van der Waals surface area contributed by atoms with Crippen LogP contribution in [0.15, 0.2) is 0 Å². The molecule has 0 spiro atoms. The van der Waals surface area contributed by atoms with Crippen molar-refractivity contribution in [1.82, 2.24) is 10.2 Å². The smallest absolute Gasteiger partial charge is 0.0593 e. The molecule has 0 amide bonds. The van der Waals surface area contributed by atoms with E-state index in [1.807, 2.05) is 0 Å². The SMILES string of the molecule is CCCCOCCN1CCNC(CC)(CC)C1. The Morgan fingerprint density at radius 2 is 1.94 bits per heavy atom. The highest BCUT2D eigenvalue weighted by Crippen LogP contribution is 2.19. The molecule has 0 radical (unpaired) electrons. The van der Waals surface area contributed by atoms with Crippen LogP contribution >= 0.6 is 0 Å². The molecular weight excluding hydrogens is 212 g/mol. The lowest BCUT2D eigenvalue weighted by atomic mass is 9.90. The van der Waals surface area contributed by atoms with Crippen LogP contribution in [0.5, 0.6) is 0 Å². The molecule has 17 heavy (non-hydrogen) atoms. The zero-order valence-corrected chi connectivity index (χ0v) is 11.9. The van der Waals surface area contributed by atoms with Gasteiger partial charge in [0.15, 0.2) is 0 Å². The molecule has 3 heteroatoms. The molecule has 3 nitrogen and oxygen atoms in total. The second-order valence-electron chi connectivity index (χ2n) is 5.16. The highest BCUT2D eigenvalue weighted by atomic mass is 16.5. The van der Waals surface area contributed by atoms with E-state index in [1.54, 1.807) is 0 Å². The van der Waals surface area contributed by atoms with E-state index in [2.05, 4.69) is 31.0 Å². The largest absolute Gasteiger partial charge is 0.380 e. The summed E-state index contributed by atoms with van der Waals surface area (Å²) in [5.41, 5.74) is 0.349. The quantitative estimate of drug-likeness (QED) is 0.661. The third kappa shape index (κ3) is 4.94. The third-order valence-electron chi connectivity index (χ3n) is 4.00. The molecule has 1 fully saturated rings. The molecule has 102 valence electrons. The number of ether oxygens (including phenoxy) is 1. The lowest BCUT2D eigenvalue weighted by Crippen LogP contribution is -2.60. The Bertz CT molecular complexity index is 193. The molecular formula is C14H30N2O. The Kier molecular flexibility index (Phi) is 7.09. The van der Waals surface area contributed by atoms with Crippen LogP contribution in [0.2, 0.25) is 0 Å². The average Bonchev–Trinajstić information content (AvgIpc) is 2.39. The summed E-state index contributed by atoms with van der Waals surface area (Å²) in [5.74, 6) is 0. The Hall–Kier alpha value is -0.120. The van der Waals surface area contributed by atoms with Crippen molar-refractivity contribution in [1.29, 1.82) is 0 Å². The van der Waals surface area contributed by atoms with Crippen LogP contribution < -0.4 is 5.32 Å². The molecule has 0 atom stereocenters. The van der Waals surface area contributed by atoms with Crippen LogP contribution in [0.3, 0.4) is 0 Å². The maximum Gasteiger partial charge on any atom is 0.0593 e. The van der Waals surface area contributed by atoms with Gasteiger partial charge in [-0.2, -0.15) is 0 Å². The molecule has 1 aliphatic rings. The van der Waals surface area contributed by atoms with Gasteiger partial charge in [-0.3, -0.25) is 4.90 Å². The van der Waals surface area contributed by atoms with Crippen molar-refractivity contribution in [2.45, 2.75) is 52.0 Å². The van der Waals surface area contributed by atoms with E-state index >= 15 is 0 Å². The normalized spacial score (nSPS) is 20.6. The second kappa shape index (κ2) is 8.06. The summed E-state index contributed by atoms with van der Waals surface area (Å²) in [7, 11) is 0. The van der Waals surface area contributed by atoms with Crippen molar-refractivity contribution in [3.8, 4) is 0 Å². The number of unbranched alkanes of at least 4 members (excludes halogenated alkanes) is 1. The van der Waals surface area contributed by atoms with Gasteiger partial charge in [-0.1, -0.05) is 27.2 Å². The summed E-state index contributed by atoms with van der Waals surface area (Å²) in [4.78, 5) is 2.55. The highest BCUT2D eigenvalue weighted by Gasteiger charge is 2.31. The Balaban J connectivity index is 2.20. The van der Waals surface area contributed by atoms with Crippen LogP contribution in [-0.2, 0) is 4.74 Å². The number of hydrogen-bond acceptors (Lipinski definition) is 3. The van der Waals surface area contributed by atoms with E-state index < -0.39 is 0 Å². The van der Waals surface area contributed by atoms with Crippen LogP contribution in [0.1, 0.15) is 46.5 Å². The van der Waals surface area contributed by atoms with Gasteiger partial charge in [0.1, 0.15) is 0 Å². The van der Waals surface area contributed by atoms with Crippen molar-refractivity contribution in [2.75, 3.05) is 39.4 Å². The monoisotopic (exact) mass is 242 g/mol. The lowest BCUT2D eigenvalue weighted by molar-refractivity contribution is 0.0686. The summed E-state index contributed by atoms with van der Waals surface area (Å²) in [5, 5.41) is 3.69. The van der Waals surface area contributed by atoms with Gasteiger partial charge >= 0.3 is 0 Å². The van der Waals surface area contributed by atoms with E-state index in [0.29, 0.717) is 5.54 Å². The molecule has 0 unspecified atom stereocenters. The maximum absolute atomic E-state index is 5.65. The number of piperazine rings is 1. The van der Waals surface area contributed by atoms with Gasteiger partial charge in [0, 0.05) is 38.3 Å². The Labute approximate surface area is 107 Å². The van der Waals surface area contributed by atoms with Gasteiger partial charge in [0.05, 0.1) is 6.61 Å². The zero-order valence-electron chi connectivity index (χ0n) is 11.9. The van der Waals surface area contributed by atoms with Crippen molar-refractivity contribution in [2.24, 2.45) is 0 Å². The first-order chi connectivity index (χ1) is 8.26. The molecule has 0 aromatic rings. The second-order valence-corrected chi connectivity index (χ2v) is 5.16. The Morgan fingerprint density at radius 1 is 1.18 bits per heavy atom. The third-order valence-corrected chi connectivity index (χ3v) is 4.00. The summed E-state index contributed by atoms with van der Waals surface area (Å²) >= 11 is 0. The predicted octanol–water partition coefficient (Wildman–Crippen LogP) is 2.27. The number of nitrogens with one attached hydrogen (secondary N) is 1. The lowest BCUT2D eigenvalue weighted by Gasteiger charge is -2.43. The molecule has 0 saturated carbocycles. The van der Waals surface area contributed by atoms with Gasteiger partial charge < -0.3 is 10.1 Å². The van der Waals surface area contributed by atoms with Gasteiger partial charge in [-0.15, -0.1) is 0 Å². The number of nitrogens with zero attached hydrogens (tertiary/aromatic N) is 1. The van der Waals surface area contributed by atoms with E-state index in [4.69, 9.17) is 4.74 Å². The zero-order chi connectivity index (χ0) is 12.6. The minimum absolute atomic E-state index is 0.349. The average molecular weight is 242 g/mol. The minimum Gasteiger partial charge on any atom is -0.380 e. The molecule has 0 aromatic carbocycles. The standard InChI is InChI=1S/C14H30N2O/c1-4-7-11-17-12-10-16-9-8-15-14(5-2,6-3)13-16/h15H,4-13H2,1-3H3. The first-order valence-corrected chi connectivity index (χ1v) is 7.31.